The zero-order valence-corrected chi connectivity index (χ0v) is 7.95. The molecule has 1 aliphatic heterocycles. The Balaban J connectivity index is 2.00. The summed E-state index contributed by atoms with van der Waals surface area (Å²) in [6.07, 6.45) is 5.05. The van der Waals surface area contributed by atoms with Gasteiger partial charge in [-0.05, 0) is 13.3 Å². The van der Waals surface area contributed by atoms with Crippen LogP contribution in [0.3, 0.4) is 0 Å². The minimum atomic E-state index is 0.423. The van der Waals surface area contributed by atoms with Gasteiger partial charge in [-0.3, -0.25) is 0 Å². The van der Waals surface area contributed by atoms with Gasteiger partial charge in [0.1, 0.15) is 5.82 Å². The molecule has 0 amide bonds. The Morgan fingerprint density at radius 2 is 2.69 bits per heavy atom. The summed E-state index contributed by atoms with van der Waals surface area (Å²) in [5, 5.41) is 3.44. The molecule has 70 valence electrons. The number of hydrogen-bond acceptors (Lipinski definition) is 2. The second-order valence-electron chi connectivity index (χ2n) is 3.66. The SMILES string of the molecule is C=C(C)CNC1CCn2ccnc21. The second-order valence-corrected chi connectivity index (χ2v) is 3.66. The van der Waals surface area contributed by atoms with Crippen molar-refractivity contribution in [1.29, 1.82) is 0 Å². The lowest BCUT2D eigenvalue weighted by atomic mass is 10.2. The van der Waals surface area contributed by atoms with E-state index in [2.05, 4.69) is 21.4 Å². The number of imidazole rings is 1. The van der Waals surface area contributed by atoms with Crippen LogP contribution in [0.2, 0.25) is 0 Å². The number of nitrogens with one attached hydrogen (secondary N) is 1. The predicted octanol–water partition coefficient (Wildman–Crippen LogP) is 1.49. The van der Waals surface area contributed by atoms with Crippen LogP contribution in [0.1, 0.15) is 25.2 Å². The van der Waals surface area contributed by atoms with Crippen molar-refractivity contribution in [2.24, 2.45) is 0 Å². The van der Waals surface area contributed by atoms with Crippen molar-refractivity contribution in [2.75, 3.05) is 6.54 Å². The molecule has 2 rings (SSSR count). The largest absolute Gasteiger partial charge is 0.334 e. The Morgan fingerprint density at radius 1 is 1.85 bits per heavy atom. The molecule has 0 aromatic carbocycles. The first-order valence-corrected chi connectivity index (χ1v) is 4.66. The van der Waals surface area contributed by atoms with E-state index in [1.165, 1.54) is 11.4 Å². The van der Waals surface area contributed by atoms with E-state index in [1.54, 1.807) is 0 Å². The van der Waals surface area contributed by atoms with Crippen molar-refractivity contribution in [3.63, 3.8) is 0 Å². The standard InChI is InChI=1S/C10H15N3/c1-8(2)7-12-9-3-5-13-6-4-11-10(9)13/h4,6,9,12H,1,3,5,7H2,2H3. The molecule has 3 heteroatoms. The van der Waals surface area contributed by atoms with Crippen LogP contribution < -0.4 is 5.32 Å². The van der Waals surface area contributed by atoms with E-state index in [9.17, 15) is 0 Å². The summed E-state index contributed by atoms with van der Waals surface area (Å²) < 4.78 is 2.20. The van der Waals surface area contributed by atoms with Gasteiger partial charge in [0.15, 0.2) is 0 Å². The second kappa shape index (κ2) is 3.34. The zero-order chi connectivity index (χ0) is 9.26. The normalized spacial score (nSPS) is 20.2. The fraction of sp³-hybridized carbons (Fsp3) is 0.500. The minimum Gasteiger partial charge on any atom is -0.334 e. The molecule has 0 radical (unpaired) electrons. The molecule has 0 spiro atoms. The third-order valence-electron chi connectivity index (χ3n) is 2.37. The highest BCUT2D eigenvalue weighted by atomic mass is 15.1. The third kappa shape index (κ3) is 1.65. The predicted molar refractivity (Wildman–Crippen MR) is 52.4 cm³/mol. The topological polar surface area (TPSA) is 29.9 Å². The summed E-state index contributed by atoms with van der Waals surface area (Å²) >= 11 is 0. The Morgan fingerprint density at radius 3 is 3.46 bits per heavy atom. The van der Waals surface area contributed by atoms with Crippen molar-refractivity contribution in [3.8, 4) is 0 Å². The molecule has 0 aliphatic carbocycles. The number of hydrogen-bond donors (Lipinski definition) is 1. The van der Waals surface area contributed by atoms with Crippen LogP contribution in [0.4, 0.5) is 0 Å². The lowest BCUT2D eigenvalue weighted by molar-refractivity contribution is 0.545. The molecule has 1 aliphatic rings. The molecule has 1 aromatic rings. The summed E-state index contributed by atoms with van der Waals surface area (Å²) in [5.41, 5.74) is 1.17. The molecule has 1 aromatic heterocycles. The number of aryl methyl sites for hydroxylation is 1. The fourth-order valence-corrected chi connectivity index (χ4v) is 1.71. The van der Waals surface area contributed by atoms with Crippen molar-refractivity contribution in [3.05, 3.63) is 30.4 Å². The van der Waals surface area contributed by atoms with Gasteiger partial charge in [0.05, 0.1) is 6.04 Å². The summed E-state index contributed by atoms with van der Waals surface area (Å²) in [7, 11) is 0. The van der Waals surface area contributed by atoms with E-state index >= 15 is 0 Å². The average molecular weight is 177 g/mol. The summed E-state index contributed by atoms with van der Waals surface area (Å²) in [5.74, 6) is 1.17. The van der Waals surface area contributed by atoms with Gasteiger partial charge in [0, 0.05) is 25.5 Å². The fourth-order valence-electron chi connectivity index (χ4n) is 1.71. The smallest absolute Gasteiger partial charge is 0.125 e. The number of nitrogens with zero attached hydrogens (tertiary/aromatic N) is 2. The highest BCUT2D eigenvalue weighted by Gasteiger charge is 2.22. The van der Waals surface area contributed by atoms with Crippen molar-refractivity contribution < 1.29 is 0 Å². The maximum absolute atomic E-state index is 4.33. The van der Waals surface area contributed by atoms with E-state index in [4.69, 9.17) is 0 Å². The lowest BCUT2D eigenvalue weighted by Crippen LogP contribution is -2.21. The number of rotatable bonds is 3. The average Bonchev–Trinajstić information content (AvgIpc) is 2.60. The Labute approximate surface area is 78.5 Å². The van der Waals surface area contributed by atoms with Gasteiger partial charge in [0.25, 0.3) is 0 Å². The molecule has 2 heterocycles. The van der Waals surface area contributed by atoms with Gasteiger partial charge in [-0.1, -0.05) is 12.2 Å². The highest BCUT2D eigenvalue weighted by molar-refractivity contribution is 5.05. The van der Waals surface area contributed by atoms with Gasteiger partial charge in [-0.2, -0.15) is 0 Å². The van der Waals surface area contributed by atoms with Crippen LogP contribution in [-0.2, 0) is 6.54 Å². The van der Waals surface area contributed by atoms with Crippen molar-refractivity contribution in [1.82, 2.24) is 14.9 Å². The monoisotopic (exact) mass is 177 g/mol. The van der Waals surface area contributed by atoms with E-state index in [-0.39, 0.29) is 0 Å². The van der Waals surface area contributed by atoms with Crippen LogP contribution in [0.25, 0.3) is 0 Å². The van der Waals surface area contributed by atoms with Crippen LogP contribution >= 0.6 is 0 Å². The number of fused-ring (bicyclic) bond motifs is 1. The van der Waals surface area contributed by atoms with Crippen LogP contribution in [0.5, 0.6) is 0 Å². The van der Waals surface area contributed by atoms with Gasteiger partial charge < -0.3 is 9.88 Å². The summed E-state index contributed by atoms with van der Waals surface area (Å²) in [6.45, 7) is 7.88. The maximum Gasteiger partial charge on any atom is 0.125 e. The minimum absolute atomic E-state index is 0.423. The van der Waals surface area contributed by atoms with Crippen LogP contribution in [0, 0.1) is 0 Å². The van der Waals surface area contributed by atoms with Gasteiger partial charge >= 0.3 is 0 Å². The summed E-state index contributed by atoms with van der Waals surface area (Å²) in [6, 6.07) is 0.423. The van der Waals surface area contributed by atoms with E-state index in [1.807, 2.05) is 19.3 Å². The molecule has 13 heavy (non-hydrogen) atoms. The van der Waals surface area contributed by atoms with Crippen molar-refractivity contribution >= 4 is 0 Å². The lowest BCUT2D eigenvalue weighted by Gasteiger charge is -2.10. The molecule has 0 bridgehead atoms. The Hall–Kier alpha value is -1.09. The molecule has 0 fully saturated rings. The molecule has 0 saturated heterocycles. The summed E-state index contributed by atoms with van der Waals surface area (Å²) in [4.78, 5) is 4.33. The Bertz CT molecular complexity index is 314. The van der Waals surface area contributed by atoms with E-state index < -0.39 is 0 Å². The Kier molecular flexibility index (Phi) is 2.19. The third-order valence-corrected chi connectivity index (χ3v) is 2.37. The molecule has 1 unspecified atom stereocenters. The highest BCUT2D eigenvalue weighted by Crippen LogP contribution is 2.23. The molecular weight excluding hydrogens is 162 g/mol. The molecular formula is C10H15N3. The molecule has 1 N–H and O–H groups in total. The zero-order valence-electron chi connectivity index (χ0n) is 7.95. The first kappa shape index (κ1) is 8.51. The molecule has 3 nitrogen and oxygen atoms in total. The van der Waals surface area contributed by atoms with Crippen LogP contribution in [-0.4, -0.2) is 16.1 Å². The maximum atomic E-state index is 4.33. The quantitative estimate of drug-likeness (QED) is 0.709. The number of aromatic nitrogens is 2. The first-order chi connectivity index (χ1) is 6.27. The first-order valence-electron chi connectivity index (χ1n) is 4.66. The van der Waals surface area contributed by atoms with E-state index in [0.717, 1.165) is 19.5 Å². The molecule has 1 atom stereocenters. The van der Waals surface area contributed by atoms with Gasteiger partial charge in [0.2, 0.25) is 0 Å². The van der Waals surface area contributed by atoms with Gasteiger partial charge in [-0.15, -0.1) is 0 Å². The molecule has 0 saturated carbocycles. The van der Waals surface area contributed by atoms with Gasteiger partial charge in [-0.25, -0.2) is 4.98 Å². The van der Waals surface area contributed by atoms with E-state index in [0.29, 0.717) is 6.04 Å². The van der Waals surface area contributed by atoms with Crippen molar-refractivity contribution in [2.45, 2.75) is 25.9 Å². The van der Waals surface area contributed by atoms with Crippen LogP contribution in [0.15, 0.2) is 24.5 Å².